The van der Waals surface area contributed by atoms with Crippen LogP contribution in [0.2, 0.25) is 5.02 Å². The summed E-state index contributed by atoms with van der Waals surface area (Å²) in [6.45, 7) is 2.33. The third kappa shape index (κ3) is 3.88. The van der Waals surface area contributed by atoms with Crippen LogP contribution in [0.3, 0.4) is 0 Å². The maximum absolute atomic E-state index is 12.7. The van der Waals surface area contributed by atoms with Gasteiger partial charge in [-0.05, 0) is 43.2 Å². The third-order valence-electron chi connectivity index (χ3n) is 4.25. The minimum Gasteiger partial charge on any atom is -0.312 e. The summed E-state index contributed by atoms with van der Waals surface area (Å²) in [7, 11) is -4.02. The van der Waals surface area contributed by atoms with Crippen LogP contribution in [-0.2, 0) is 14.8 Å². The molecule has 0 aliphatic carbocycles. The number of nitro groups is 1. The van der Waals surface area contributed by atoms with Crippen LogP contribution in [0.4, 0.5) is 17.1 Å². The second kappa shape index (κ2) is 7.16. The number of nitro benzene ring substituents is 1. The highest BCUT2D eigenvalue weighted by molar-refractivity contribution is 7.92. The van der Waals surface area contributed by atoms with Gasteiger partial charge in [0.2, 0.25) is 5.91 Å². The molecule has 0 atom stereocenters. The van der Waals surface area contributed by atoms with Gasteiger partial charge in [0.05, 0.1) is 20.5 Å². The number of halogens is 1. The van der Waals surface area contributed by atoms with E-state index in [0.717, 1.165) is 12.5 Å². The summed E-state index contributed by atoms with van der Waals surface area (Å²) in [6.07, 6.45) is 1.25. The Morgan fingerprint density at radius 1 is 1.22 bits per heavy atom. The van der Waals surface area contributed by atoms with Gasteiger partial charge in [0, 0.05) is 30.8 Å². The fraction of sp³-hybridized carbons (Fsp3) is 0.235. The minimum atomic E-state index is -4.02. The predicted molar refractivity (Wildman–Crippen MR) is 102 cm³/mol. The molecule has 1 aliphatic heterocycles. The molecular formula is C17H16ClN3O5S. The van der Waals surface area contributed by atoms with E-state index >= 15 is 0 Å². The monoisotopic (exact) mass is 409 g/mol. The second-order valence-electron chi connectivity index (χ2n) is 6.12. The van der Waals surface area contributed by atoms with E-state index < -0.39 is 14.9 Å². The lowest BCUT2D eigenvalue weighted by molar-refractivity contribution is -0.384. The zero-order chi connectivity index (χ0) is 19.8. The van der Waals surface area contributed by atoms with E-state index in [-0.39, 0.29) is 27.2 Å². The number of carbonyl (C=O) groups excluding carboxylic acids is 1. The molecule has 0 saturated carbocycles. The van der Waals surface area contributed by atoms with Crippen LogP contribution in [0.25, 0.3) is 0 Å². The van der Waals surface area contributed by atoms with Crippen molar-refractivity contribution < 1.29 is 18.1 Å². The largest absolute Gasteiger partial charge is 0.312 e. The molecule has 0 unspecified atom stereocenters. The van der Waals surface area contributed by atoms with Crippen LogP contribution in [0.1, 0.15) is 18.4 Å². The van der Waals surface area contributed by atoms with Crippen molar-refractivity contribution in [2.24, 2.45) is 0 Å². The first kappa shape index (κ1) is 19.1. The average Bonchev–Trinajstić information content (AvgIpc) is 3.02. The molecule has 2 aromatic rings. The first-order valence-corrected chi connectivity index (χ1v) is 9.93. The molecule has 0 spiro atoms. The van der Waals surface area contributed by atoms with Crippen molar-refractivity contribution in [3.05, 3.63) is 57.1 Å². The van der Waals surface area contributed by atoms with Crippen molar-refractivity contribution in [1.29, 1.82) is 0 Å². The van der Waals surface area contributed by atoms with Crippen molar-refractivity contribution in [2.45, 2.75) is 24.7 Å². The highest BCUT2D eigenvalue weighted by Gasteiger charge is 2.25. The van der Waals surface area contributed by atoms with Gasteiger partial charge in [-0.15, -0.1) is 0 Å². The molecule has 1 heterocycles. The zero-order valence-corrected chi connectivity index (χ0v) is 15.9. The molecule has 1 saturated heterocycles. The van der Waals surface area contributed by atoms with E-state index in [1.807, 2.05) is 0 Å². The van der Waals surface area contributed by atoms with Gasteiger partial charge in [0.15, 0.2) is 0 Å². The van der Waals surface area contributed by atoms with Gasteiger partial charge in [0.25, 0.3) is 15.7 Å². The van der Waals surface area contributed by atoms with Gasteiger partial charge in [-0.1, -0.05) is 11.6 Å². The number of benzene rings is 2. The molecule has 1 N–H and O–H groups in total. The molecule has 10 heteroatoms. The van der Waals surface area contributed by atoms with Gasteiger partial charge in [0.1, 0.15) is 0 Å². The van der Waals surface area contributed by atoms with Crippen molar-refractivity contribution in [2.75, 3.05) is 16.2 Å². The summed E-state index contributed by atoms with van der Waals surface area (Å²) in [5.41, 5.74) is 0.946. The summed E-state index contributed by atoms with van der Waals surface area (Å²) < 4.78 is 27.6. The van der Waals surface area contributed by atoms with E-state index in [0.29, 0.717) is 24.2 Å². The van der Waals surface area contributed by atoms with Crippen LogP contribution >= 0.6 is 11.6 Å². The molecule has 142 valence electrons. The molecule has 8 nitrogen and oxygen atoms in total. The molecule has 1 amide bonds. The molecule has 0 aromatic heterocycles. The Bertz CT molecular complexity index is 1040. The number of amides is 1. The highest BCUT2D eigenvalue weighted by Crippen LogP contribution is 2.31. The number of carbonyl (C=O) groups is 1. The molecule has 27 heavy (non-hydrogen) atoms. The Kier molecular flexibility index (Phi) is 5.07. The third-order valence-corrected chi connectivity index (χ3v) is 5.94. The quantitative estimate of drug-likeness (QED) is 0.600. The summed E-state index contributed by atoms with van der Waals surface area (Å²) in [4.78, 5) is 23.8. The lowest BCUT2D eigenvalue weighted by atomic mass is 10.2. The van der Waals surface area contributed by atoms with Gasteiger partial charge >= 0.3 is 0 Å². The normalized spacial score (nSPS) is 14.4. The summed E-state index contributed by atoms with van der Waals surface area (Å²) in [5, 5.41) is 10.9. The maximum atomic E-state index is 12.7. The smallest absolute Gasteiger partial charge is 0.271 e. The van der Waals surface area contributed by atoms with Crippen LogP contribution in [0.15, 0.2) is 41.3 Å². The number of non-ortho nitro benzene ring substituents is 1. The van der Waals surface area contributed by atoms with E-state index in [1.54, 1.807) is 17.9 Å². The number of nitrogens with one attached hydrogen (secondary N) is 1. The molecule has 1 aliphatic rings. The van der Waals surface area contributed by atoms with E-state index in [2.05, 4.69) is 4.72 Å². The fourth-order valence-electron chi connectivity index (χ4n) is 2.91. The van der Waals surface area contributed by atoms with Crippen LogP contribution in [0.5, 0.6) is 0 Å². The molecule has 1 fully saturated rings. The van der Waals surface area contributed by atoms with E-state index in [4.69, 9.17) is 11.6 Å². The second-order valence-corrected chi connectivity index (χ2v) is 8.21. The number of aryl methyl sites for hydroxylation is 1. The Morgan fingerprint density at radius 2 is 1.96 bits per heavy atom. The van der Waals surface area contributed by atoms with E-state index in [1.165, 1.54) is 24.3 Å². The number of anilines is 2. The van der Waals surface area contributed by atoms with Crippen molar-refractivity contribution in [1.82, 2.24) is 0 Å². The number of hydrogen-bond donors (Lipinski definition) is 1. The lowest BCUT2D eigenvalue weighted by Gasteiger charge is -2.19. The molecule has 0 radical (unpaired) electrons. The molecular weight excluding hydrogens is 394 g/mol. The highest BCUT2D eigenvalue weighted by atomic mass is 35.5. The minimum absolute atomic E-state index is 0.00945. The van der Waals surface area contributed by atoms with Crippen molar-refractivity contribution in [3.8, 4) is 0 Å². The van der Waals surface area contributed by atoms with Gasteiger partial charge in [-0.3, -0.25) is 19.6 Å². The SMILES string of the molecule is Cc1cc(S(=O)(=O)Nc2cc([N+](=O)[O-])ccc2Cl)ccc1N1CCCC1=O. The molecule has 2 aromatic carbocycles. The van der Waals surface area contributed by atoms with Crippen LogP contribution < -0.4 is 9.62 Å². The zero-order valence-electron chi connectivity index (χ0n) is 14.3. The van der Waals surface area contributed by atoms with Crippen LogP contribution in [0, 0.1) is 17.0 Å². The number of nitrogens with zero attached hydrogens (tertiary/aromatic N) is 2. The molecule has 3 rings (SSSR count). The summed E-state index contributed by atoms with van der Waals surface area (Å²) in [5.74, 6) is 0.00945. The van der Waals surface area contributed by atoms with E-state index in [9.17, 15) is 23.3 Å². The number of sulfonamides is 1. The number of hydrogen-bond acceptors (Lipinski definition) is 5. The Balaban J connectivity index is 1.92. The summed E-state index contributed by atoms with van der Waals surface area (Å²) >= 11 is 5.96. The first-order chi connectivity index (χ1) is 12.7. The fourth-order valence-corrected chi connectivity index (χ4v) is 4.29. The number of rotatable bonds is 5. The average molecular weight is 410 g/mol. The molecule has 0 bridgehead atoms. The predicted octanol–water partition coefficient (Wildman–Crippen LogP) is 3.48. The Morgan fingerprint density at radius 3 is 2.56 bits per heavy atom. The van der Waals surface area contributed by atoms with Crippen molar-refractivity contribution in [3.63, 3.8) is 0 Å². The Labute approximate surface area is 160 Å². The van der Waals surface area contributed by atoms with Crippen molar-refractivity contribution >= 4 is 44.6 Å². The Hall–Kier alpha value is -2.65. The van der Waals surface area contributed by atoms with Gasteiger partial charge < -0.3 is 4.90 Å². The van der Waals surface area contributed by atoms with Gasteiger partial charge in [-0.2, -0.15) is 0 Å². The first-order valence-electron chi connectivity index (χ1n) is 8.07. The standard InChI is InChI=1S/C17H16ClN3O5S/c1-11-9-13(5-7-16(11)20-8-2-3-17(20)22)27(25,26)19-15-10-12(21(23)24)4-6-14(15)18/h4-7,9-10,19H,2-3,8H2,1H3. The topological polar surface area (TPSA) is 110 Å². The maximum Gasteiger partial charge on any atom is 0.271 e. The lowest BCUT2D eigenvalue weighted by Crippen LogP contribution is -2.24. The van der Waals surface area contributed by atoms with Gasteiger partial charge in [-0.25, -0.2) is 8.42 Å². The van der Waals surface area contributed by atoms with Crippen LogP contribution in [-0.4, -0.2) is 25.8 Å². The summed E-state index contributed by atoms with van der Waals surface area (Å²) in [6, 6.07) is 7.93.